The van der Waals surface area contributed by atoms with E-state index in [0.717, 1.165) is 19.3 Å². The molecule has 3 N–H and O–H groups in total. The third-order valence-electron chi connectivity index (χ3n) is 2.71. The zero-order valence-electron chi connectivity index (χ0n) is 7.55. The van der Waals surface area contributed by atoms with Crippen LogP contribution in [-0.4, -0.2) is 16.6 Å². The van der Waals surface area contributed by atoms with Crippen LogP contribution in [0.1, 0.15) is 39.0 Å². The van der Waals surface area contributed by atoms with Crippen molar-refractivity contribution in [1.29, 1.82) is 0 Å². The molecule has 3 heteroatoms. The van der Waals surface area contributed by atoms with Gasteiger partial charge in [-0.15, -0.1) is 0 Å². The van der Waals surface area contributed by atoms with Crippen LogP contribution in [0.5, 0.6) is 0 Å². The summed E-state index contributed by atoms with van der Waals surface area (Å²) in [5.74, 6) is -0.384. The number of carbonyl (C=O) groups is 1. The molecule has 0 heterocycles. The first-order valence-corrected chi connectivity index (χ1v) is 4.57. The smallest absolute Gasteiger partial charge is 0.323 e. The average Bonchev–Trinajstić information content (AvgIpc) is 2.12. The number of nitrogens with two attached hydrogens (primary N) is 1. The summed E-state index contributed by atoms with van der Waals surface area (Å²) in [6, 6.07) is 0. The van der Waals surface area contributed by atoms with Gasteiger partial charge < -0.3 is 10.8 Å². The van der Waals surface area contributed by atoms with Gasteiger partial charge in [0.2, 0.25) is 0 Å². The third-order valence-corrected chi connectivity index (χ3v) is 2.71. The first-order chi connectivity index (χ1) is 5.54. The summed E-state index contributed by atoms with van der Waals surface area (Å²) in [5.41, 5.74) is 4.84. The molecular weight excluding hydrogens is 154 g/mol. The maximum absolute atomic E-state index is 10.8. The van der Waals surface area contributed by atoms with E-state index in [4.69, 9.17) is 10.8 Å². The maximum Gasteiger partial charge on any atom is 0.323 e. The average molecular weight is 171 g/mol. The van der Waals surface area contributed by atoms with Gasteiger partial charge in [0, 0.05) is 0 Å². The molecule has 0 spiro atoms. The first kappa shape index (κ1) is 9.52. The topological polar surface area (TPSA) is 63.3 Å². The quantitative estimate of drug-likeness (QED) is 0.586. The lowest BCUT2D eigenvalue weighted by Gasteiger charge is -2.24. The van der Waals surface area contributed by atoms with Gasteiger partial charge >= 0.3 is 5.97 Å². The van der Waals surface area contributed by atoms with Crippen LogP contribution in [0.2, 0.25) is 0 Å². The fourth-order valence-electron chi connectivity index (χ4n) is 1.95. The van der Waals surface area contributed by atoms with Crippen LogP contribution in [0.4, 0.5) is 0 Å². The number of hydrogen-bond acceptors (Lipinski definition) is 2. The van der Waals surface area contributed by atoms with E-state index in [0.29, 0.717) is 18.8 Å². The Labute approximate surface area is 72.9 Å². The lowest BCUT2D eigenvalue weighted by molar-refractivity contribution is -0.144. The Bertz CT molecular complexity index is 181. The molecule has 0 radical (unpaired) electrons. The molecule has 0 aromatic carbocycles. The number of aliphatic carboxylic acids is 1. The summed E-state index contributed by atoms with van der Waals surface area (Å²) in [7, 11) is 0. The largest absolute Gasteiger partial charge is 0.480 e. The number of carboxylic acid groups (broad SMARTS) is 1. The Morgan fingerprint density at radius 2 is 2.25 bits per heavy atom. The molecule has 1 saturated carbocycles. The molecule has 0 amide bonds. The lowest BCUT2D eigenvalue weighted by Crippen LogP contribution is -2.48. The summed E-state index contributed by atoms with van der Waals surface area (Å²) >= 11 is 0. The second-order valence-electron chi connectivity index (χ2n) is 4.02. The van der Waals surface area contributed by atoms with E-state index < -0.39 is 11.5 Å². The van der Waals surface area contributed by atoms with Crippen molar-refractivity contribution in [1.82, 2.24) is 0 Å². The van der Waals surface area contributed by atoms with Crippen LogP contribution in [0.3, 0.4) is 0 Å². The van der Waals surface area contributed by atoms with E-state index >= 15 is 0 Å². The summed E-state index contributed by atoms with van der Waals surface area (Å²) in [5, 5.41) is 8.92. The van der Waals surface area contributed by atoms with Gasteiger partial charge in [-0.05, 0) is 18.8 Å². The van der Waals surface area contributed by atoms with Gasteiger partial charge in [-0.25, -0.2) is 0 Å². The molecule has 3 nitrogen and oxygen atoms in total. The molecule has 2 atom stereocenters. The van der Waals surface area contributed by atoms with Crippen molar-refractivity contribution in [2.24, 2.45) is 11.7 Å². The molecule has 1 fully saturated rings. The fourth-order valence-corrected chi connectivity index (χ4v) is 1.95. The van der Waals surface area contributed by atoms with Gasteiger partial charge in [-0.2, -0.15) is 0 Å². The molecular formula is C9H17NO2. The zero-order chi connectivity index (χ0) is 9.19. The monoisotopic (exact) mass is 171 g/mol. The minimum atomic E-state index is -0.948. The Hall–Kier alpha value is -0.570. The van der Waals surface area contributed by atoms with Gasteiger partial charge in [0.1, 0.15) is 5.54 Å². The standard InChI is InChI=1S/C9H17NO2/c1-7-4-2-3-5-9(10,6-7)8(11)12/h7H,2-6,10H2,1H3,(H,11,12)/t7-,9+/m0/s1. The van der Waals surface area contributed by atoms with E-state index in [1.165, 1.54) is 0 Å². The Balaban J connectivity index is 2.67. The number of carboxylic acids is 1. The summed E-state index contributed by atoms with van der Waals surface area (Å²) in [6.07, 6.45) is 4.45. The molecule has 0 saturated heterocycles. The molecule has 0 unspecified atom stereocenters. The van der Waals surface area contributed by atoms with Crippen molar-refractivity contribution < 1.29 is 9.90 Å². The van der Waals surface area contributed by atoms with Gasteiger partial charge in [-0.3, -0.25) is 4.79 Å². The van der Waals surface area contributed by atoms with Crippen LogP contribution in [0.25, 0.3) is 0 Å². The predicted molar refractivity (Wildman–Crippen MR) is 46.8 cm³/mol. The molecule has 12 heavy (non-hydrogen) atoms. The van der Waals surface area contributed by atoms with Crippen LogP contribution >= 0.6 is 0 Å². The van der Waals surface area contributed by atoms with Crippen LogP contribution < -0.4 is 5.73 Å². The first-order valence-electron chi connectivity index (χ1n) is 4.57. The van der Waals surface area contributed by atoms with E-state index in [9.17, 15) is 4.79 Å². The second kappa shape index (κ2) is 3.44. The van der Waals surface area contributed by atoms with Gasteiger partial charge in [0.05, 0.1) is 0 Å². The van der Waals surface area contributed by atoms with Gasteiger partial charge in [-0.1, -0.05) is 26.2 Å². The molecule has 1 rings (SSSR count). The van der Waals surface area contributed by atoms with Crippen molar-refractivity contribution in [3.05, 3.63) is 0 Å². The normalized spacial score (nSPS) is 37.3. The van der Waals surface area contributed by atoms with E-state index in [1.807, 2.05) is 0 Å². The predicted octanol–water partition coefficient (Wildman–Crippen LogP) is 1.37. The maximum atomic E-state index is 10.8. The van der Waals surface area contributed by atoms with Crippen LogP contribution in [0, 0.1) is 5.92 Å². The molecule has 0 aromatic heterocycles. The third kappa shape index (κ3) is 1.97. The van der Waals surface area contributed by atoms with Crippen molar-refractivity contribution in [2.45, 2.75) is 44.6 Å². The Morgan fingerprint density at radius 1 is 1.58 bits per heavy atom. The van der Waals surface area contributed by atoms with Crippen LogP contribution in [0.15, 0.2) is 0 Å². The minimum Gasteiger partial charge on any atom is -0.480 e. The van der Waals surface area contributed by atoms with Gasteiger partial charge in [0.15, 0.2) is 0 Å². The molecule has 0 aromatic rings. The van der Waals surface area contributed by atoms with Crippen molar-refractivity contribution in [3.63, 3.8) is 0 Å². The highest BCUT2D eigenvalue weighted by Gasteiger charge is 2.36. The molecule has 1 aliphatic carbocycles. The van der Waals surface area contributed by atoms with Crippen molar-refractivity contribution in [2.75, 3.05) is 0 Å². The second-order valence-corrected chi connectivity index (χ2v) is 4.02. The highest BCUT2D eigenvalue weighted by molar-refractivity contribution is 5.78. The number of rotatable bonds is 1. The van der Waals surface area contributed by atoms with Crippen molar-refractivity contribution in [3.8, 4) is 0 Å². The van der Waals surface area contributed by atoms with E-state index in [2.05, 4.69) is 6.92 Å². The van der Waals surface area contributed by atoms with E-state index in [1.54, 1.807) is 0 Å². The molecule has 0 bridgehead atoms. The summed E-state index contributed by atoms with van der Waals surface area (Å²) < 4.78 is 0. The Morgan fingerprint density at radius 3 is 2.83 bits per heavy atom. The minimum absolute atomic E-state index is 0.452. The number of hydrogen-bond donors (Lipinski definition) is 2. The lowest BCUT2D eigenvalue weighted by atomic mass is 9.88. The Kier molecular flexibility index (Phi) is 2.73. The van der Waals surface area contributed by atoms with Gasteiger partial charge in [0.25, 0.3) is 0 Å². The molecule has 0 aliphatic heterocycles. The molecule has 70 valence electrons. The summed E-state index contributed by atoms with van der Waals surface area (Å²) in [4.78, 5) is 10.8. The molecule has 1 aliphatic rings. The van der Waals surface area contributed by atoms with Crippen LogP contribution in [-0.2, 0) is 4.79 Å². The SMILES string of the molecule is C[C@H]1CCCC[C@](N)(C(=O)O)C1. The zero-order valence-corrected chi connectivity index (χ0v) is 7.55. The summed E-state index contributed by atoms with van der Waals surface area (Å²) in [6.45, 7) is 2.08. The highest BCUT2D eigenvalue weighted by Crippen LogP contribution is 2.28. The van der Waals surface area contributed by atoms with E-state index in [-0.39, 0.29) is 0 Å². The highest BCUT2D eigenvalue weighted by atomic mass is 16.4. The van der Waals surface area contributed by atoms with Crippen molar-refractivity contribution >= 4 is 5.97 Å². The fraction of sp³-hybridized carbons (Fsp3) is 0.889.